The van der Waals surface area contributed by atoms with Crippen LogP contribution in [-0.4, -0.2) is 22.1 Å². The second-order valence-corrected chi connectivity index (χ2v) is 6.38. The summed E-state index contributed by atoms with van der Waals surface area (Å²) < 4.78 is 16.2. The molecule has 8 heteroatoms. The monoisotopic (exact) mass is 347 g/mol. The molecule has 3 rings (SSSR count). The predicted molar refractivity (Wildman–Crippen MR) is 91.4 cm³/mol. The molecule has 2 heterocycles. The molecule has 0 radical (unpaired) electrons. The molecule has 0 N–H and O–H groups in total. The predicted octanol–water partition coefficient (Wildman–Crippen LogP) is 1.71. The first-order valence-corrected chi connectivity index (χ1v) is 7.86. The van der Waals surface area contributed by atoms with Crippen molar-refractivity contribution < 1.29 is 9.18 Å². The zero-order chi connectivity index (χ0) is 17.6. The third-order valence-electron chi connectivity index (χ3n) is 3.86. The van der Waals surface area contributed by atoms with Gasteiger partial charge in [0.2, 0.25) is 0 Å². The Balaban J connectivity index is 2.14. The maximum absolute atomic E-state index is 13.9. The van der Waals surface area contributed by atoms with Crippen molar-refractivity contribution in [3.05, 3.63) is 61.9 Å². The smallest absolute Gasteiger partial charge is 0.308 e. The molecule has 124 valence electrons. The van der Waals surface area contributed by atoms with Crippen LogP contribution in [0.3, 0.4) is 0 Å². The lowest BCUT2D eigenvalue weighted by Gasteiger charge is -2.16. The number of anilines is 1. The Morgan fingerprint density at radius 3 is 2.50 bits per heavy atom. The quantitative estimate of drug-likeness (QED) is 0.709. The van der Waals surface area contributed by atoms with Gasteiger partial charge in [0.1, 0.15) is 10.6 Å². The summed E-state index contributed by atoms with van der Waals surface area (Å²) in [5.74, 6) is -0.964. The van der Waals surface area contributed by atoms with Gasteiger partial charge in [-0.05, 0) is 18.2 Å². The van der Waals surface area contributed by atoms with Crippen LogP contribution in [0.15, 0.2) is 39.9 Å². The number of nitrogens with zero attached hydrogens (tertiary/aromatic N) is 3. The maximum Gasteiger partial charge on any atom is 0.331 e. The molecule has 0 unspecified atom stereocenters. The van der Waals surface area contributed by atoms with Crippen LogP contribution >= 0.6 is 11.3 Å². The van der Waals surface area contributed by atoms with Gasteiger partial charge >= 0.3 is 5.69 Å². The van der Waals surface area contributed by atoms with Crippen molar-refractivity contribution in [1.29, 1.82) is 0 Å². The maximum atomic E-state index is 13.9. The highest BCUT2D eigenvalue weighted by Crippen LogP contribution is 2.25. The molecule has 0 aliphatic carbocycles. The molecule has 0 saturated carbocycles. The number of rotatable bonds is 2. The number of aryl methyl sites for hydroxylation is 1. The standard InChI is InChI=1S/C16H14FN3O3S/c1-18(11-7-5-4-6-10(11)17)14(22)12-8-9-13(21)19(2)16(23)20(3)15(9)24-12/h4-8H,1-3H3. The minimum absolute atomic E-state index is 0.141. The van der Waals surface area contributed by atoms with Gasteiger partial charge in [-0.2, -0.15) is 0 Å². The zero-order valence-corrected chi connectivity index (χ0v) is 14.1. The number of hydrogen-bond acceptors (Lipinski definition) is 4. The number of amides is 1. The average molecular weight is 347 g/mol. The number of aromatic nitrogens is 2. The second kappa shape index (κ2) is 5.72. The van der Waals surface area contributed by atoms with Crippen LogP contribution in [0.4, 0.5) is 10.1 Å². The topological polar surface area (TPSA) is 64.3 Å². The van der Waals surface area contributed by atoms with Crippen LogP contribution in [0.25, 0.3) is 10.2 Å². The molecule has 0 spiro atoms. The van der Waals surface area contributed by atoms with E-state index < -0.39 is 23.0 Å². The van der Waals surface area contributed by atoms with Gasteiger partial charge < -0.3 is 4.90 Å². The molecule has 1 amide bonds. The molecule has 0 saturated heterocycles. The number of halogens is 1. The van der Waals surface area contributed by atoms with Crippen LogP contribution in [-0.2, 0) is 14.1 Å². The van der Waals surface area contributed by atoms with Crippen LogP contribution in [0.1, 0.15) is 9.67 Å². The fraction of sp³-hybridized carbons (Fsp3) is 0.188. The van der Waals surface area contributed by atoms with Crippen molar-refractivity contribution in [2.45, 2.75) is 0 Å². The first-order valence-electron chi connectivity index (χ1n) is 7.05. The minimum atomic E-state index is -0.516. The number of carbonyl (C=O) groups is 1. The summed E-state index contributed by atoms with van der Waals surface area (Å²) in [4.78, 5) is 38.7. The van der Waals surface area contributed by atoms with E-state index in [1.807, 2.05) is 0 Å². The third-order valence-corrected chi connectivity index (χ3v) is 5.05. The largest absolute Gasteiger partial charge is 0.331 e. The van der Waals surface area contributed by atoms with E-state index in [2.05, 4.69) is 0 Å². The van der Waals surface area contributed by atoms with Gasteiger partial charge in [0.05, 0.1) is 16.0 Å². The SMILES string of the molecule is CN(C(=O)c1cc2c(=O)n(C)c(=O)n(C)c2s1)c1ccccc1F. The van der Waals surface area contributed by atoms with E-state index in [0.29, 0.717) is 4.83 Å². The molecule has 24 heavy (non-hydrogen) atoms. The molecule has 3 aromatic rings. The summed E-state index contributed by atoms with van der Waals surface area (Å²) >= 11 is 1.03. The Morgan fingerprint density at radius 2 is 1.83 bits per heavy atom. The van der Waals surface area contributed by atoms with Gasteiger partial charge in [0, 0.05) is 21.1 Å². The van der Waals surface area contributed by atoms with Crippen LogP contribution in [0.5, 0.6) is 0 Å². The van der Waals surface area contributed by atoms with E-state index in [4.69, 9.17) is 0 Å². The number of fused-ring (bicyclic) bond motifs is 1. The minimum Gasteiger partial charge on any atom is -0.308 e. The first-order chi connectivity index (χ1) is 11.3. The molecular formula is C16H14FN3O3S. The second-order valence-electron chi connectivity index (χ2n) is 5.35. The Bertz CT molecular complexity index is 1080. The Morgan fingerprint density at radius 1 is 1.17 bits per heavy atom. The lowest BCUT2D eigenvalue weighted by Crippen LogP contribution is -2.36. The van der Waals surface area contributed by atoms with Crippen LogP contribution in [0, 0.1) is 5.82 Å². The highest BCUT2D eigenvalue weighted by Gasteiger charge is 2.21. The van der Waals surface area contributed by atoms with E-state index in [1.54, 1.807) is 6.07 Å². The van der Waals surface area contributed by atoms with Crippen molar-refractivity contribution in [1.82, 2.24) is 9.13 Å². The van der Waals surface area contributed by atoms with E-state index in [0.717, 1.165) is 15.9 Å². The Kier molecular flexibility index (Phi) is 3.84. The van der Waals surface area contributed by atoms with Crippen molar-refractivity contribution in [3.63, 3.8) is 0 Å². The fourth-order valence-corrected chi connectivity index (χ4v) is 3.55. The molecule has 0 aliphatic heterocycles. The molecular weight excluding hydrogens is 333 g/mol. The third kappa shape index (κ3) is 2.35. The average Bonchev–Trinajstić information content (AvgIpc) is 3.02. The summed E-state index contributed by atoms with van der Waals surface area (Å²) in [5, 5.41) is 0.287. The highest BCUT2D eigenvalue weighted by atomic mass is 32.1. The molecule has 1 aromatic carbocycles. The van der Waals surface area contributed by atoms with Gasteiger partial charge in [-0.1, -0.05) is 12.1 Å². The van der Waals surface area contributed by atoms with Gasteiger partial charge in [0.15, 0.2) is 0 Å². The molecule has 0 fully saturated rings. The van der Waals surface area contributed by atoms with Crippen molar-refractivity contribution in [2.24, 2.45) is 14.1 Å². The zero-order valence-electron chi connectivity index (χ0n) is 13.2. The number of hydrogen-bond donors (Lipinski definition) is 0. The lowest BCUT2D eigenvalue weighted by atomic mass is 10.2. The summed E-state index contributed by atoms with van der Waals surface area (Å²) in [6.45, 7) is 0. The van der Waals surface area contributed by atoms with E-state index in [1.165, 1.54) is 54.9 Å². The van der Waals surface area contributed by atoms with Crippen LogP contribution < -0.4 is 16.1 Å². The summed E-state index contributed by atoms with van der Waals surface area (Å²) in [5.41, 5.74) is -0.783. The van der Waals surface area contributed by atoms with Gasteiger partial charge in [0.25, 0.3) is 11.5 Å². The summed E-state index contributed by atoms with van der Waals surface area (Å²) in [6, 6.07) is 7.38. The van der Waals surface area contributed by atoms with Crippen molar-refractivity contribution >= 4 is 33.1 Å². The molecule has 0 aliphatic rings. The molecule has 0 bridgehead atoms. The number of thiophene rings is 1. The van der Waals surface area contributed by atoms with E-state index >= 15 is 0 Å². The molecule has 0 atom stereocenters. The Hall–Kier alpha value is -2.74. The summed E-state index contributed by atoms with van der Waals surface area (Å²) in [7, 11) is 4.38. The first kappa shape index (κ1) is 16.1. The molecule has 6 nitrogen and oxygen atoms in total. The van der Waals surface area contributed by atoms with Gasteiger partial charge in [-0.15, -0.1) is 11.3 Å². The van der Waals surface area contributed by atoms with E-state index in [9.17, 15) is 18.8 Å². The van der Waals surface area contributed by atoms with E-state index in [-0.39, 0.29) is 16.0 Å². The normalized spacial score (nSPS) is 11.0. The number of benzene rings is 1. The number of carbonyl (C=O) groups excluding carboxylic acids is 1. The van der Waals surface area contributed by atoms with Gasteiger partial charge in [-0.25, -0.2) is 9.18 Å². The lowest BCUT2D eigenvalue weighted by molar-refractivity contribution is 0.0996. The Labute approximate surface area is 140 Å². The summed E-state index contributed by atoms with van der Waals surface area (Å²) in [6.07, 6.45) is 0. The molecule has 2 aromatic heterocycles. The highest BCUT2D eigenvalue weighted by molar-refractivity contribution is 7.20. The van der Waals surface area contributed by atoms with Crippen LogP contribution in [0.2, 0.25) is 0 Å². The van der Waals surface area contributed by atoms with Gasteiger partial charge in [-0.3, -0.25) is 18.7 Å². The van der Waals surface area contributed by atoms with Crippen molar-refractivity contribution in [3.8, 4) is 0 Å². The number of para-hydroxylation sites is 1. The van der Waals surface area contributed by atoms with Crippen molar-refractivity contribution in [2.75, 3.05) is 11.9 Å². The fourth-order valence-electron chi connectivity index (χ4n) is 2.47.